The quantitative estimate of drug-likeness (QED) is 0.388. The first-order valence-electron chi connectivity index (χ1n) is 11.4. The second-order valence-corrected chi connectivity index (χ2v) is 8.95. The molecule has 0 bridgehead atoms. The van der Waals surface area contributed by atoms with Crippen molar-refractivity contribution in [2.75, 3.05) is 33.0 Å². The molecule has 180 valence electrons. The maximum absolute atomic E-state index is 13.6. The van der Waals surface area contributed by atoms with Crippen LogP contribution in [0.5, 0.6) is 11.5 Å². The number of halogens is 1. The molecule has 0 spiro atoms. The van der Waals surface area contributed by atoms with Crippen molar-refractivity contribution in [3.8, 4) is 11.5 Å². The summed E-state index contributed by atoms with van der Waals surface area (Å²) in [5.41, 5.74) is 1.01. The molecule has 2 aromatic carbocycles. The molecule has 35 heavy (non-hydrogen) atoms. The largest absolute Gasteiger partial charge is 0.454 e. The van der Waals surface area contributed by atoms with E-state index < -0.39 is 17.4 Å². The van der Waals surface area contributed by atoms with E-state index in [1.165, 1.54) is 16.8 Å². The average molecular weight is 494 g/mol. The highest BCUT2D eigenvalue weighted by Gasteiger charge is 2.35. The van der Waals surface area contributed by atoms with E-state index in [0.29, 0.717) is 43.3 Å². The highest BCUT2D eigenvalue weighted by Crippen LogP contribution is 2.33. The van der Waals surface area contributed by atoms with Crippen LogP contribution in [0.25, 0.3) is 0 Å². The minimum atomic E-state index is -1.27. The molecular weight excluding hydrogens is 470 g/mol. The van der Waals surface area contributed by atoms with E-state index in [2.05, 4.69) is 4.90 Å². The van der Waals surface area contributed by atoms with Crippen molar-refractivity contribution in [3.63, 3.8) is 0 Å². The van der Waals surface area contributed by atoms with Crippen molar-refractivity contribution in [1.29, 1.82) is 0 Å². The van der Waals surface area contributed by atoms with Crippen LogP contribution in [0, 0.1) is 0 Å². The van der Waals surface area contributed by atoms with Crippen LogP contribution in [-0.4, -0.2) is 59.0 Å². The zero-order valence-electron chi connectivity index (χ0n) is 18.9. The molecule has 8 nitrogen and oxygen atoms in total. The van der Waals surface area contributed by atoms with E-state index in [1.807, 2.05) is 18.2 Å². The number of ether oxygens (including phenoxy) is 2. The summed E-state index contributed by atoms with van der Waals surface area (Å²) < 4.78 is 12.0. The Balaban J connectivity index is 1.31. The normalized spacial score (nSPS) is 16.2. The third-order valence-electron chi connectivity index (χ3n) is 6.27. The fourth-order valence-electron chi connectivity index (χ4n) is 4.38. The molecule has 0 radical (unpaired) electrons. The van der Waals surface area contributed by atoms with Crippen molar-refractivity contribution >= 4 is 23.3 Å². The summed E-state index contributed by atoms with van der Waals surface area (Å²) in [4.78, 5) is 43.5. The van der Waals surface area contributed by atoms with Gasteiger partial charge in [0.05, 0.1) is 0 Å². The predicted molar refractivity (Wildman–Crippen MR) is 130 cm³/mol. The summed E-state index contributed by atoms with van der Waals surface area (Å²) in [7, 11) is 0. The smallest absolute Gasteiger partial charge is 0.253 e. The Morgan fingerprint density at radius 2 is 1.66 bits per heavy atom. The van der Waals surface area contributed by atoms with Gasteiger partial charge in [-0.1, -0.05) is 23.7 Å². The molecule has 1 atom stereocenters. The lowest BCUT2D eigenvalue weighted by Gasteiger charge is -2.36. The molecule has 5 rings (SSSR count). The van der Waals surface area contributed by atoms with E-state index in [1.54, 1.807) is 41.3 Å². The summed E-state index contributed by atoms with van der Waals surface area (Å²) in [6.07, 6.45) is 1.48. The van der Waals surface area contributed by atoms with E-state index in [-0.39, 0.29) is 12.7 Å². The van der Waals surface area contributed by atoms with Gasteiger partial charge in [0, 0.05) is 55.6 Å². The van der Waals surface area contributed by atoms with E-state index in [4.69, 9.17) is 21.1 Å². The molecule has 0 aliphatic carbocycles. The Kier molecular flexibility index (Phi) is 6.57. The van der Waals surface area contributed by atoms with Crippen LogP contribution in [0.15, 0.2) is 71.7 Å². The Morgan fingerprint density at radius 3 is 2.40 bits per heavy atom. The zero-order chi connectivity index (χ0) is 24.4. The lowest BCUT2D eigenvalue weighted by molar-refractivity contribution is -0.135. The second kappa shape index (κ2) is 9.93. The Hall–Kier alpha value is -3.62. The van der Waals surface area contributed by atoms with Crippen LogP contribution in [0.3, 0.4) is 0 Å². The van der Waals surface area contributed by atoms with Crippen molar-refractivity contribution in [3.05, 3.63) is 93.4 Å². The Morgan fingerprint density at radius 1 is 0.914 bits per heavy atom. The first-order valence-corrected chi connectivity index (χ1v) is 11.7. The number of ketones is 1. The van der Waals surface area contributed by atoms with Gasteiger partial charge < -0.3 is 14.4 Å². The molecule has 2 aliphatic rings. The minimum Gasteiger partial charge on any atom is -0.454 e. The second-order valence-electron chi connectivity index (χ2n) is 8.51. The SMILES string of the molecule is O=C(c1ccc(Cl)cc1)[C@@H](C(=O)N1CCN(Cc2ccc3c(c2)OCO3)CC1)n1ccccc1=O. The zero-order valence-corrected chi connectivity index (χ0v) is 19.7. The standard InChI is InChI=1S/C26H24ClN3O5/c27-20-7-5-19(6-8-20)25(32)24(30-10-2-1-3-23(30)31)26(33)29-13-11-28(12-14-29)16-18-4-9-21-22(15-18)35-17-34-21/h1-10,15,24H,11-14,16-17H2/t24-/m0/s1. The molecular formula is C26H24ClN3O5. The van der Waals surface area contributed by atoms with Gasteiger partial charge in [0.1, 0.15) is 0 Å². The monoisotopic (exact) mass is 493 g/mol. The summed E-state index contributed by atoms with van der Waals surface area (Å²) >= 11 is 5.96. The number of hydrogen-bond donors (Lipinski definition) is 0. The molecule has 3 heterocycles. The maximum atomic E-state index is 13.6. The Labute approximate surface area is 207 Å². The van der Waals surface area contributed by atoms with Gasteiger partial charge in [-0.05, 0) is 48.0 Å². The fraction of sp³-hybridized carbons (Fsp3) is 0.269. The highest BCUT2D eigenvalue weighted by molar-refractivity contribution is 6.30. The molecule has 1 amide bonds. The molecule has 2 aliphatic heterocycles. The van der Waals surface area contributed by atoms with Crippen molar-refractivity contribution in [2.45, 2.75) is 12.6 Å². The number of Topliss-reactive ketones (excluding diaryl/α,β-unsaturated/α-hetero) is 1. The van der Waals surface area contributed by atoms with Gasteiger partial charge in [0.25, 0.3) is 11.5 Å². The molecule has 1 aromatic heterocycles. The number of aromatic nitrogens is 1. The van der Waals surface area contributed by atoms with Gasteiger partial charge >= 0.3 is 0 Å². The molecule has 9 heteroatoms. The van der Waals surface area contributed by atoms with Crippen molar-refractivity contribution < 1.29 is 19.1 Å². The van der Waals surface area contributed by atoms with Crippen LogP contribution < -0.4 is 15.0 Å². The van der Waals surface area contributed by atoms with Gasteiger partial charge in [-0.3, -0.25) is 23.9 Å². The number of amides is 1. The number of carbonyl (C=O) groups excluding carboxylic acids is 2. The lowest BCUT2D eigenvalue weighted by atomic mass is 10.0. The third kappa shape index (κ3) is 4.94. The first-order chi connectivity index (χ1) is 17.0. The number of rotatable bonds is 6. The number of hydrogen-bond acceptors (Lipinski definition) is 6. The summed E-state index contributed by atoms with van der Waals surface area (Å²) in [5, 5.41) is 0.486. The fourth-order valence-corrected chi connectivity index (χ4v) is 4.51. The van der Waals surface area contributed by atoms with Gasteiger partial charge in [0.2, 0.25) is 6.79 Å². The summed E-state index contributed by atoms with van der Waals surface area (Å²) in [5.74, 6) is 0.661. The highest BCUT2D eigenvalue weighted by atomic mass is 35.5. The van der Waals surface area contributed by atoms with E-state index >= 15 is 0 Å². The van der Waals surface area contributed by atoms with E-state index in [9.17, 15) is 14.4 Å². The number of benzene rings is 2. The number of fused-ring (bicyclic) bond motifs is 1. The molecule has 1 fully saturated rings. The van der Waals surface area contributed by atoms with Crippen molar-refractivity contribution in [1.82, 2.24) is 14.4 Å². The molecule has 3 aromatic rings. The number of nitrogens with zero attached hydrogens (tertiary/aromatic N) is 3. The van der Waals surface area contributed by atoms with Crippen LogP contribution >= 0.6 is 11.6 Å². The molecule has 0 unspecified atom stereocenters. The predicted octanol–water partition coefficient (Wildman–Crippen LogP) is 3.00. The van der Waals surface area contributed by atoms with Crippen LogP contribution in [0.4, 0.5) is 0 Å². The van der Waals surface area contributed by atoms with Crippen molar-refractivity contribution in [2.24, 2.45) is 0 Å². The third-order valence-corrected chi connectivity index (χ3v) is 6.52. The van der Waals surface area contributed by atoms with Gasteiger partial charge in [-0.15, -0.1) is 0 Å². The topological polar surface area (TPSA) is 81.1 Å². The van der Waals surface area contributed by atoms with Crippen LogP contribution in [0.1, 0.15) is 22.0 Å². The number of pyridine rings is 1. The summed E-state index contributed by atoms with van der Waals surface area (Å²) in [6, 6.07) is 15.5. The van der Waals surface area contributed by atoms with Gasteiger partial charge in [0.15, 0.2) is 23.3 Å². The first kappa shape index (κ1) is 23.1. The molecule has 0 N–H and O–H groups in total. The van der Waals surface area contributed by atoms with Crippen LogP contribution in [0.2, 0.25) is 5.02 Å². The molecule has 0 saturated carbocycles. The van der Waals surface area contributed by atoms with E-state index in [0.717, 1.165) is 17.1 Å². The lowest BCUT2D eigenvalue weighted by Crippen LogP contribution is -2.52. The molecule has 1 saturated heterocycles. The average Bonchev–Trinajstić information content (AvgIpc) is 3.34. The number of carbonyl (C=O) groups is 2. The number of piperazine rings is 1. The van der Waals surface area contributed by atoms with Gasteiger partial charge in [-0.2, -0.15) is 0 Å². The Bertz CT molecular complexity index is 1300. The minimum absolute atomic E-state index is 0.236. The van der Waals surface area contributed by atoms with Gasteiger partial charge in [-0.25, -0.2) is 0 Å². The summed E-state index contributed by atoms with van der Waals surface area (Å²) in [6.45, 7) is 3.14. The maximum Gasteiger partial charge on any atom is 0.253 e. The van der Waals surface area contributed by atoms with Crippen LogP contribution in [-0.2, 0) is 11.3 Å².